The van der Waals surface area contributed by atoms with Gasteiger partial charge in [-0.3, -0.25) is 9.00 Å². The molecule has 0 bridgehead atoms. The van der Waals surface area contributed by atoms with Crippen LogP contribution < -0.4 is 10.6 Å². The second-order valence-electron chi connectivity index (χ2n) is 4.80. The third kappa shape index (κ3) is 7.08. The molecule has 5 nitrogen and oxygen atoms in total. The molecule has 2 N–H and O–H groups in total. The topological polar surface area (TPSA) is 67.4 Å². The van der Waals surface area contributed by atoms with E-state index in [1.165, 1.54) is 0 Å². The molecule has 1 fully saturated rings. The summed E-state index contributed by atoms with van der Waals surface area (Å²) in [5, 5.41) is 6.15. The lowest BCUT2D eigenvalue weighted by Gasteiger charge is -2.23. The third-order valence-electron chi connectivity index (χ3n) is 3.04. The van der Waals surface area contributed by atoms with Gasteiger partial charge in [0.2, 0.25) is 5.91 Å². The van der Waals surface area contributed by atoms with Gasteiger partial charge in [-0.05, 0) is 26.2 Å². The largest absolute Gasteiger partial charge is 0.381 e. The zero-order valence-electron chi connectivity index (χ0n) is 11.2. The predicted octanol–water partition coefficient (Wildman–Crippen LogP) is 0.0283. The summed E-state index contributed by atoms with van der Waals surface area (Å²) < 4.78 is 16.2. The molecule has 0 aromatic rings. The standard InChI is InChI=1S/C12H24N2O3S/c1-10(5-8-18(2)16)13-9-12(15)14-11-3-6-17-7-4-11/h10-11,13H,3-9H2,1-2H3,(H,14,15). The van der Waals surface area contributed by atoms with E-state index in [9.17, 15) is 9.00 Å². The average molecular weight is 276 g/mol. The highest BCUT2D eigenvalue weighted by atomic mass is 32.2. The van der Waals surface area contributed by atoms with Gasteiger partial charge in [0.15, 0.2) is 0 Å². The molecule has 1 heterocycles. The van der Waals surface area contributed by atoms with Crippen LogP contribution in [0.5, 0.6) is 0 Å². The van der Waals surface area contributed by atoms with Crippen molar-refractivity contribution in [3.05, 3.63) is 0 Å². The summed E-state index contributed by atoms with van der Waals surface area (Å²) in [7, 11) is -0.761. The van der Waals surface area contributed by atoms with Gasteiger partial charge in [0.25, 0.3) is 0 Å². The van der Waals surface area contributed by atoms with Gasteiger partial charge in [0.1, 0.15) is 0 Å². The Bertz CT molecular complexity index is 280. The van der Waals surface area contributed by atoms with Crippen LogP contribution >= 0.6 is 0 Å². The summed E-state index contributed by atoms with van der Waals surface area (Å²) >= 11 is 0. The summed E-state index contributed by atoms with van der Waals surface area (Å²) in [6, 6.07) is 0.473. The molecule has 0 aromatic carbocycles. The Morgan fingerprint density at radius 1 is 1.44 bits per heavy atom. The van der Waals surface area contributed by atoms with E-state index < -0.39 is 10.8 Å². The quantitative estimate of drug-likeness (QED) is 0.688. The van der Waals surface area contributed by atoms with Gasteiger partial charge in [-0.2, -0.15) is 0 Å². The van der Waals surface area contributed by atoms with E-state index in [-0.39, 0.29) is 18.0 Å². The summed E-state index contributed by atoms with van der Waals surface area (Å²) in [6.45, 7) is 3.80. The molecule has 0 radical (unpaired) electrons. The lowest BCUT2D eigenvalue weighted by Crippen LogP contribution is -2.44. The number of rotatable bonds is 7. The van der Waals surface area contributed by atoms with Crippen molar-refractivity contribution in [2.75, 3.05) is 31.8 Å². The van der Waals surface area contributed by atoms with E-state index in [1.54, 1.807) is 6.26 Å². The summed E-state index contributed by atoms with van der Waals surface area (Å²) in [4.78, 5) is 11.7. The average Bonchev–Trinajstić information content (AvgIpc) is 2.35. The van der Waals surface area contributed by atoms with E-state index in [2.05, 4.69) is 10.6 Å². The molecule has 0 saturated carbocycles. The fraction of sp³-hybridized carbons (Fsp3) is 0.917. The van der Waals surface area contributed by atoms with Crippen molar-refractivity contribution in [2.24, 2.45) is 0 Å². The maximum atomic E-state index is 11.7. The molecule has 2 unspecified atom stereocenters. The van der Waals surface area contributed by atoms with E-state index in [0.29, 0.717) is 12.3 Å². The van der Waals surface area contributed by atoms with E-state index in [1.807, 2.05) is 6.92 Å². The van der Waals surface area contributed by atoms with E-state index >= 15 is 0 Å². The molecule has 106 valence electrons. The Labute approximate surface area is 111 Å². The van der Waals surface area contributed by atoms with Gasteiger partial charge in [0.05, 0.1) is 6.54 Å². The Hall–Kier alpha value is -0.460. The van der Waals surface area contributed by atoms with Crippen molar-refractivity contribution < 1.29 is 13.7 Å². The van der Waals surface area contributed by atoms with E-state index in [0.717, 1.165) is 32.5 Å². The summed E-state index contributed by atoms with van der Waals surface area (Å²) in [6.07, 6.45) is 4.32. The third-order valence-corrected chi connectivity index (χ3v) is 3.85. The molecular weight excluding hydrogens is 252 g/mol. The number of nitrogens with one attached hydrogen (secondary N) is 2. The monoisotopic (exact) mass is 276 g/mol. The van der Waals surface area contributed by atoms with Gasteiger partial charge < -0.3 is 15.4 Å². The van der Waals surface area contributed by atoms with Gasteiger partial charge >= 0.3 is 0 Å². The molecule has 1 aliphatic heterocycles. The summed E-state index contributed by atoms with van der Waals surface area (Å²) in [5.74, 6) is 0.710. The zero-order chi connectivity index (χ0) is 13.4. The lowest BCUT2D eigenvalue weighted by atomic mass is 10.1. The zero-order valence-corrected chi connectivity index (χ0v) is 12.1. The Kier molecular flexibility index (Phi) is 7.46. The first-order chi connectivity index (χ1) is 8.58. The minimum absolute atomic E-state index is 0.0337. The minimum Gasteiger partial charge on any atom is -0.381 e. The van der Waals surface area contributed by atoms with Gasteiger partial charge in [-0.15, -0.1) is 0 Å². The van der Waals surface area contributed by atoms with Crippen molar-refractivity contribution in [1.29, 1.82) is 0 Å². The highest BCUT2D eigenvalue weighted by Crippen LogP contribution is 2.05. The van der Waals surface area contributed by atoms with Gasteiger partial charge in [-0.25, -0.2) is 0 Å². The molecule has 1 amide bonds. The SMILES string of the molecule is CC(CCS(C)=O)NCC(=O)NC1CCOCC1. The molecular formula is C12H24N2O3S. The van der Waals surface area contributed by atoms with E-state index in [4.69, 9.17) is 4.74 Å². The highest BCUT2D eigenvalue weighted by molar-refractivity contribution is 7.84. The smallest absolute Gasteiger partial charge is 0.234 e. The summed E-state index contributed by atoms with van der Waals surface area (Å²) in [5.41, 5.74) is 0. The van der Waals surface area contributed by atoms with Crippen LogP contribution in [0.15, 0.2) is 0 Å². The number of carbonyl (C=O) groups excluding carboxylic acids is 1. The van der Waals surface area contributed by atoms with Crippen LogP contribution in [0, 0.1) is 0 Å². The fourth-order valence-corrected chi connectivity index (χ4v) is 2.52. The van der Waals surface area contributed by atoms with Crippen LogP contribution in [-0.4, -0.2) is 54.0 Å². The van der Waals surface area contributed by atoms with Crippen LogP contribution in [0.25, 0.3) is 0 Å². The fourth-order valence-electron chi connectivity index (χ4n) is 1.83. The Morgan fingerprint density at radius 3 is 2.72 bits per heavy atom. The van der Waals surface area contributed by atoms with Crippen LogP contribution in [-0.2, 0) is 20.3 Å². The molecule has 0 aromatic heterocycles. The normalized spacial score (nSPS) is 20.3. The van der Waals surface area contributed by atoms with Crippen molar-refractivity contribution in [1.82, 2.24) is 10.6 Å². The number of ether oxygens (including phenoxy) is 1. The first-order valence-electron chi connectivity index (χ1n) is 6.48. The van der Waals surface area contributed by atoms with Crippen LogP contribution in [0.3, 0.4) is 0 Å². The van der Waals surface area contributed by atoms with Crippen LogP contribution in [0.4, 0.5) is 0 Å². The van der Waals surface area contributed by atoms with Crippen molar-refractivity contribution in [3.63, 3.8) is 0 Å². The maximum Gasteiger partial charge on any atom is 0.234 e. The molecule has 1 rings (SSSR count). The Morgan fingerprint density at radius 2 is 2.11 bits per heavy atom. The van der Waals surface area contributed by atoms with Crippen LogP contribution in [0.2, 0.25) is 0 Å². The molecule has 18 heavy (non-hydrogen) atoms. The van der Waals surface area contributed by atoms with Crippen molar-refractivity contribution >= 4 is 16.7 Å². The first-order valence-corrected chi connectivity index (χ1v) is 8.21. The molecule has 6 heteroatoms. The van der Waals surface area contributed by atoms with Crippen molar-refractivity contribution in [3.8, 4) is 0 Å². The molecule has 0 aliphatic carbocycles. The molecule has 1 aliphatic rings. The highest BCUT2D eigenvalue weighted by Gasteiger charge is 2.16. The number of hydrogen-bond donors (Lipinski definition) is 2. The first kappa shape index (κ1) is 15.6. The second-order valence-corrected chi connectivity index (χ2v) is 6.36. The second kappa shape index (κ2) is 8.61. The molecule has 2 atom stereocenters. The number of carbonyl (C=O) groups is 1. The minimum atomic E-state index is -0.761. The number of amides is 1. The predicted molar refractivity (Wildman–Crippen MR) is 73.0 cm³/mol. The Balaban J connectivity index is 2.10. The molecule has 1 saturated heterocycles. The lowest BCUT2D eigenvalue weighted by molar-refractivity contribution is -0.121. The van der Waals surface area contributed by atoms with Crippen molar-refractivity contribution in [2.45, 2.75) is 38.3 Å². The molecule has 0 spiro atoms. The van der Waals surface area contributed by atoms with Gasteiger partial charge in [-0.1, -0.05) is 0 Å². The number of hydrogen-bond acceptors (Lipinski definition) is 4. The van der Waals surface area contributed by atoms with Gasteiger partial charge in [0, 0.05) is 48.1 Å². The van der Waals surface area contributed by atoms with Crippen LogP contribution in [0.1, 0.15) is 26.2 Å². The maximum absolute atomic E-state index is 11.7.